The second kappa shape index (κ2) is 4.92. The van der Waals surface area contributed by atoms with E-state index in [2.05, 4.69) is 24.0 Å². The molecule has 0 aromatic carbocycles. The van der Waals surface area contributed by atoms with Crippen molar-refractivity contribution in [3.63, 3.8) is 0 Å². The van der Waals surface area contributed by atoms with E-state index in [0.717, 1.165) is 18.1 Å². The Balaban J connectivity index is 2.18. The van der Waals surface area contributed by atoms with Gasteiger partial charge in [-0.1, -0.05) is 13.8 Å². The smallest absolute Gasteiger partial charge is 0.308 e. The van der Waals surface area contributed by atoms with E-state index in [-0.39, 0.29) is 11.8 Å². The van der Waals surface area contributed by atoms with Crippen molar-refractivity contribution in [1.82, 2.24) is 10.2 Å². The van der Waals surface area contributed by atoms with Crippen LogP contribution < -0.4 is 4.90 Å². The molecule has 1 aromatic rings. The van der Waals surface area contributed by atoms with Crippen LogP contribution in [0.15, 0.2) is 12.1 Å². The van der Waals surface area contributed by atoms with Crippen molar-refractivity contribution in [3.05, 3.63) is 17.8 Å². The molecule has 1 N–H and O–H groups in total. The average molecular weight is 249 g/mol. The van der Waals surface area contributed by atoms with Gasteiger partial charge in [-0.3, -0.25) is 4.79 Å². The van der Waals surface area contributed by atoms with Gasteiger partial charge in [-0.2, -0.15) is 5.10 Å². The fourth-order valence-electron chi connectivity index (χ4n) is 2.51. The van der Waals surface area contributed by atoms with E-state index in [1.807, 2.05) is 24.0 Å². The highest BCUT2D eigenvalue weighted by molar-refractivity contribution is 5.72. The van der Waals surface area contributed by atoms with E-state index < -0.39 is 5.97 Å². The van der Waals surface area contributed by atoms with Gasteiger partial charge in [-0.15, -0.1) is 5.10 Å². The van der Waals surface area contributed by atoms with Crippen LogP contribution in [0.4, 0.5) is 5.82 Å². The molecule has 2 atom stereocenters. The number of carbonyl (C=O) groups is 1. The van der Waals surface area contributed by atoms with Crippen molar-refractivity contribution < 1.29 is 9.90 Å². The largest absolute Gasteiger partial charge is 0.481 e. The number of hydrogen-bond donors (Lipinski definition) is 1. The molecule has 2 heterocycles. The highest BCUT2D eigenvalue weighted by atomic mass is 16.4. The number of hydrogen-bond acceptors (Lipinski definition) is 4. The summed E-state index contributed by atoms with van der Waals surface area (Å²) in [4.78, 5) is 13.3. The molecule has 0 unspecified atom stereocenters. The van der Waals surface area contributed by atoms with Crippen LogP contribution >= 0.6 is 0 Å². The summed E-state index contributed by atoms with van der Waals surface area (Å²) in [6.07, 6.45) is 0. The molecule has 0 bridgehead atoms. The Morgan fingerprint density at radius 3 is 2.56 bits per heavy atom. The van der Waals surface area contributed by atoms with Gasteiger partial charge >= 0.3 is 5.97 Å². The standard InChI is InChI=1S/C13H19N3O2/c1-8(2)10-6-16(7-11(10)13(17)18)12-5-4-9(3)14-15-12/h4-5,8,10-11H,6-7H2,1-3H3,(H,17,18)/t10-,11+/m1/s1. The van der Waals surface area contributed by atoms with Crippen LogP contribution in [-0.2, 0) is 4.79 Å². The van der Waals surface area contributed by atoms with Crippen molar-refractivity contribution in [2.24, 2.45) is 17.8 Å². The molecule has 1 aliphatic rings. The van der Waals surface area contributed by atoms with Crippen LogP contribution in [0.5, 0.6) is 0 Å². The second-order valence-corrected chi connectivity index (χ2v) is 5.29. The van der Waals surface area contributed by atoms with Crippen LogP contribution in [0.1, 0.15) is 19.5 Å². The summed E-state index contributed by atoms with van der Waals surface area (Å²) in [5, 5.41) is 17.4. The number of carboxylic acid groups (broad SMARTS) is 1. The number of aliphatic carboxylic acids is 1. The second-order valence-electron chi connectivity index (χ2n) is 5.29. The molecule has 18 heavy (non-hydrogen) atoms. The van der Waals surface area contributed by atoms with E-state index >= 15 is 0 Å². The first-order chi connectivity index (χ1) is 8.49. The number of nitrogens with zero attached hydrogens (tertiary/aromatic N) is 3. The summed E-state index contributed by atoms with van der Waals surface area (Å²) in [5.74, 6) is 0.277. The minimum atomic E-state index is -0.712. The van der Waals surface area contributed by atoms with Gasteiger partial charge in [0.1, 0.15) is 0 Å². The van der Waals surface area contributed by atoms with Gasteiger partial charge in [0.15, 0.2) is 5.82 Å². The third kappa shape index (κ3) is 2.44. The van der Waals surface area contributed by atoms with Crippen LogP contribution in [0.25, 0.3) is 0 Å². The molecule has 1 aromatic heterocycles. The highest BCUT2D eigenvalue weighted by Crippen LogP contribution is 2.32. The average Bonchev–Trinajstić information content (AvgIpc) is 2.75. The Morgan fingerprint density at radius 2 is 2.11 bits per heavy atom. The first-order valence-corrected chi connectivity index (χ1v) is 6.27. The van der Waals surface area contributed by atoms with Gasteiger partial charge in [0.05, 0.1) is 11.6 Å². The molecule has 0 spiro atoms. The number of aromatic nitrogens is 2. The van der Waals surface area contributed by atoms with Gasteiger partial charge < -0.3 is 10.0 Å². The van der Waals surface area contributed by atoms with Crippen molar-refractivity contribution in [1.29, 1.82) is 0 Å². The first kappa shape index (κ1) is 12.8. The van der Waals surface area contributed by atoms with Crippen LogP contribution in [-0.4, -0.2) is 34.4 Å². The quantitative estimate of drug-likeness (QED) is 0.881. The fourth-order valence-corrected chi connectivity index (χ4v) is 2.51. The normalized spacial score (nSPS) is 23.7. The third-order valence-electron chi connectivity index (χ3n) is 3.65. The Kier molecular flexibility index (Phi) is 3.50. The molecule has 98 valence electrons. The summed E-state index contributed by atoms with van der Waals surface area (Å²) in [6, 6.07) is 3.81. The van der Waals surface area contributed by atoms with Crippen molar-refractivity contribution in [2.45, 2.75) is 20.8 Å². The molecule has 1 saturated heterocycles. The zero-order valence-electron chi connectivity index (χ0n) is 11.0. The molecular weight excluding hydrogens is 230 g/mol. The van der Waals surface area contributed by atoms with Gasteiger partial charge in [-0.05, 0) is 30.9 Å². The first-order valence-electron chi connectivity index (χ1n) is 6.27. The van der Waals surface area contributed by atoms with Crippen LogP contribution in [0, 0.1) is 24.7 Å². The maximum Gasteiger partial charge on any atom is 0.308 e. The van der Waals surface area contributed by atoms with E-state index in [1.54, 1.807) is 0 Å². The lowest BCUT2D eigenvalue weighted by atomic mass is 9.86. The molecule has 0 radical (unpaired) electrons. The zero-order chi connectivity index (χ0) is 13.3. The molecule has 0 aliphatic carbocycles. The van der Waals surface area contributed by atoms with Crippen molar-refractivity contribution in [2.75, 3.05) is 18.0 Å². The maximum absolute atomic E-state index is 11.3. The summed E-state index contributed by atoms with van der Waals surface area (Å²) in [6.45, 7) is 7.30. The molecule has 0 amide bonds. The van der Waals surface area contributed by atoms with E-state index in [1.165, 1.54) is 0 Å². The predicted molar refractivity (Wildman–Crippen MR) is 68.4 cm³/mol. The Morgan fingerprint density at radius 1 is 1.39 bits per heavy atom. The summed E-state index contributed by atoms with van der Waals surface area (Å²) >= 11 is 0. The number of rotatable bonds is 3. The minimum absolute atomic E-state index is 0.172. The molecular formula is C13H19N3O2. The van der Waals surface area contributed by atoms with Crippen LogP contribution in [0.2, 0.25) is 0 Å². The zero-order valence-corrected chi connectivity index (χ0v) is 11.0. The van der Waals surface area contributed by atoms with E-state index in [0.29, 0.717) is 12.5 Å². The fraction of sp³-hybridized carbons (Fsp3) is 0.615. The lowest BCUT2D eigenvalue weighted by Gasteiger charge is -2.18. The van der Waals surface area contributed by atoms with Crippen molar-refractivity contribution >= 4 is 11.8 Å². The minimum Gasteiger partial charge on any atom is -0.481 e. The third-order valence-corrected chi connectivity index (χ3v) is 3.65. The summed E-state index contributed by atoms with van der Waals surface area (Å²) < 4.78 is 0. The Labute approximate surface area is 107 Å². The Bertz CT molecular complexity index is 430. The summed E-state index contributed by atoms with van der Waals surface area (Å²) in [5.41, 5.74) is 0.869. The molecule has 5 nitrogen and oxygen atoms in total. The SMILES string of the molecule is Cc1ccc(N2C[C@H](C(=O)O)[C@@H](C(C)C)C2)nn1. The van der Waals surface area contributed by atoms with E-state index in [4.69, 9.17) is 0 Å². The number of carboxylic acids is 1. The lowest BCUT2D eigenvalue weighted by Crippen LogP contribution is -2.25. The van der Waals surface area contributed by atoms with E-state index in [9.17, 15) is 9.90 Å². The van der Waals surface area contributed by atoms with Gasteiger partial charge in [0.25, 0.3) is 0 Å². The van der Waals surface area contributed by atoms with Gasteiger partial charge in [0, 0.05) is 13.1 Å². The monoisotopic (exact) mass is 249 g/mol. The summed E-state index contributed by atoms with van der Waals surface area (Å²) in [7, 11) is 0. The van der Waals surface area contributed by atoms with Crippen molar-refractivity contribution in [3.8, 4) is 0 Å². The molecule has 1 aliphatic heterocycles. The highest BCUT2D eigenvalue weighted by Gasteiger charge is 2.39. The van der Waals surface area contributed by atoms with Crippen LogP contribution in [0.3, 0.4) is 0 Å². The Hall–Kier alpha value is -1.65. The number of anilines is 1. The molecule has 5 heteroatoms. The molecule has 1 fully saturated rings. The van der Waals surface area contributed by atoms with Gasteiger partial charge in [-0.25, -0.2) is 0 Å². The molecule has 0 saturated carbocycles. The topological polar surface area (TPSA) is 66.3 Å². The number of aryl methyl sites for hydroxylation is 1. The van der Waals surface area contributed by atoms with Gasteiger partial charge in [0.2, 0.25) is 0 Å². The molecule has 2 rings (SSSR count). The lowest BCUT2D eigenvalue weighted by molar-refractivity contribution is -0.142. The predicted octanol–water partition coefficient (Wildman–Crippen LogP) is 1.58. The maximum atomic E-state index is 11.3.